The van der Waals surface area contributed by atoms with Gasteiger partial charge in [0, 0.05) is 42.0 Å². The third-order valence-electron chi connectivity index (χ3n) is 8.07. The van der Waals surface area contributed by atoms with E-state index < -0.39 is 0 Å². The maximum atomic E-state index is 13.5. The van der Waals surface area contributed by atoms with Crippen molar-refractivity contribution in [3.8, 4) is 0 Å². The first-order chi connectivity index (χ1) is 16.6. The van der Waals surface area contributed by atoms with Gasteiger partial charge in [0.15, 0.2) is 0 Å². The number of carbonyl (C=O) groups excluding carboxylic acids is 1. The molecule has 4 aliphatic rings. The molecule has 4 fully saturated rings. The second-order valence-electron chi connectivity index (χ2n) is 10.6. The molecule has 2 aliphatic carbocycles. The molecule has 0 bridgehead atoms. The summed E-state index contributed by atoms with van der Waals surface area (Å²) in [6, 6.07) is 12.1. The van der Waals surface area contributed by atoms with Crippen molar-refractivity contribution in [2.45, 2.75) is 67.6 Å². The third kappa shape index (κ3) is 4.65. The number of anilines is 3. The van der Waals surface area contributed by atoms with Crippen molar-refractivity contribution in [2.75, 3.05) is 41.3 Å². The van der Waals surface area contributed by atoms with Crippen LogP contribution in [0.1, 0.15) is 61.7 Å². The number of hydrogen-bond donors (Lipinski definition) is 2. The molecule has 1 aromatic carbocycles. The van der Waals surface area contributed by atoms with Gasteiger partial charge in [-0.1, -0.05) is 18.9 Å². The predicted octanol–water partition coefficient (Wildman–Crippen LogP) is 4.93. The predicted molar refractivity (Wildman–Crippen MR) is 138 cm³/mol. The van der Waals surface area contributed by atoms with Gasteiger partial charge in [-0.25, -0.2) is 4.98 Å². The highest BCUT2D eigenvalue weighted by atomic mass is 32.2. The van der Waals surface area contributed by atoms with Crippen molar-refractivity contribution >= 4 is 35.0 Å². The summed E-state index contributed by atoms with van der Waals surface area (Å²) in [5.74, 6) is 1.52. The number of benzene rings is 1. The van der Waals surface area contributed by atoms with Gasteiger partial charge in [-0.2, -0.15) is 0 Å². The fourth-order valence-electron chi connectivity index (χ4n) is 5.59. The number of amides is 1. The lowest BCUT2D eigenvalue weighted by Gasteiger charge is -2.38. The number of nitrogens with zero attached hydrogens (tertiary/aromatic N) is 3. The molecule has 2 saturated carbocycles. The topological polar surface area (TPSA) is 68.7 Å². The number of aliphatic hydroxyl groups excluding tert-OH is 1. The maximum absolute atomic E-state index is 13.5. The number of piperidine rings is 1. The summed E-state index contributed by atoms with van der Waals surface area (Å²) in [6.07, 6.45) is 10.0. The molecule has 0 radical (unpaired) electrons. The Morgan fingerprint density at radius 3 is 2.50 bits per heavy atom. The molecule has 3 heterocycles. The van der Waals surface area contributed by atoms with Gasteiger partial charge in [0.25, 0.3) is 5.91 Å². The molecule has 2 aromatic rings. The van der Waals surface area contributed by atoms with Gasteiger partial charge in [0.2, 0.25) is 0 Å². The molecule has 1 amide bonds. The van der Waals surface area contributed by atoms with Crippen molar-refractivity contribution in [3.05, 3.63) is 42.0 Å². The number of carbonyl (C=O) groups is 1. The molecule has 2 N–H and O–H groups in total. The molecule has 34 heavy (non-hydrogen) atoms. The van der Waals surface area contributed by atoms with Crippen molar-refractivity contribution in [1.82, 2.24) is 4.98 Å². The van der Waals surface area contributed by atoms with E-state index in [1.807, 2.05) is 36.0 Å². The van der Waals surface area contributed by atoms with Crippen LogP contribution in [0.3, 0.4) is 0 Å². The monoisotopic (exact) mass is 478 g/mol. The Balaban J connectivity index is 1.21. The minimum absolute atomic E-state index is 0.104. The Bertz CT molecular complexity index is 1050. The Kier molecular flexibility index (Phi) is 5.94. The third-order valence-corrected chi connectivity index (χ3v) is 9.40. The van der Waals surface area contributed by atoms with Crippen LogP contribution in [0.2, 0.25) is 0 Å². The van der Waals surface area contributed by atoms with Gasteiger partial charge in [0.1, 0.15) is 11.6 Å². The molecule has 7 heteroatoms. The number of nitrogens with one attached hydrogen (secondary N) is 1. The molecule has 6 rings (SSSR count). The largest absolute Gasteiger partial charge is 0.389 e. The van der Waals surface area contributed by atoms with Gasteiger partial charge < -0.3 is 20.2 Å². The Morgan fingerprint density at radius 1 is 1.03 bits per heavy atom. The zero-order chi connectivity index (χ0) is 23.1. The van der Waals surface area contributed by atoms with Gasteiger partial charge >= 0.3 is 0 Å². The first-order valence-corrected chi connectivity index (χ1v) is 13.7. The molecule has 180 valence electrons. The van der Waals surface area contributed by atoms with E-state index in [0.29, 0.717) is 29.3 Å². The summed E-state index contributed by atoms with van der Waals surface area (Å²) in [6.45, 7) is 3.11. The molecule has 1 aromatic heterocycles. The minimum Gasteiger partial charge on any atom is -0.389 e. The summed E-state index contributed by atoms with van der Waals surface area (Å²) < 4.78 is 0. The fourth-order valence-corrected chi connectivity index (χ4v) is 6.90. The Hall–Kier alpha value is -2.25. The van der Waals surface area contributed by atoms with E-state index in [1.165, 1.54) is 56.3 Å². The van der Waals surface area contributed by atoms with Crippen LogP contribution in [0.15, 0.2) is 41.3 Å². The first kappa shape index (κ1) is 22.2. The lowest BCUT2D eigenvalue weighted by atomic mass is 9.93. The minimum atomic E-state index is -0.285. The average Bonchev–Trinajstić information content (AvgIpc) is 3.37. The van der Waals surface area contributed by atoms with Crippen LogP contribution in [0, 0.1) is 5.41 Å². The fraction of sp³-hybridized carbons (Fsp3) is 0.556. The molecule has 2 aliphatic heterocycles. The molecular formula is C27H34N4O2S. The molecule has 1 spiro atoms. The van der Waals surface area contributed by atoms with Crippen LogP contribution >= 0.6 is 11.8 Å². The van der Waals surface area contributed by atoms with Crippen molar-refractivity contribution < 1.29 is 9.90 Å². The zero-order valence-corrected chi connectivity index (χ0v) is 20.5. The number of pyridine rings is 1. The van der Waals surface area contributed by atoms with E-state index in [4.69, 9.17) is 4.98 Å². The summed E-state index contributed by atoms with van der Waals surface area (Å²) >= 11 is 1.94. The Labute approximate surface area is 206 Å². The van der Waals surface area contributed by atoms with Crippen molar-refractivity contribution in [1.29, 1.82) is 0 Å². The standard InChI is InChI=1S/C27H34N4O2S/c32-20-17-31(18-20)24-9-8-23(25(29-24)30-14-12-27(10-11-27)13-15-30)26(33)28-19-4-3-7-22(16-19)34-21-5-1-2-6-21/h3-4,7-9,16,20-21,32H,1-2,5-6,10-15,17-18H2,(H,28,33). The lowest BCUT2D eigenvalue weighted by molar-refractivity contribution is 0.102. The van der Waals surface area contributed by atoms with E-state index in [-0.39, 0.29) is 12.0 Å². The smallest absolute Gasteiger partial charge is 0.259 e. The van der Waals surface area contributed by atoms with Crippen molar-refractivity contribution in [2.24, 2.45) is 5.41 Å². The van der Waals surface area contributed by atoms with Crippen molar-refractivity contribution in [3.63, 3.8) is 0 Å². The highest BCUT2D eigenvalue weighted by Crippen LogP contribution is 2.54. The second-order valence-corrected chi connectivity index (χ2v) is 12.0. The van der Waals surface area contributed by atoms with E-state index >= 15 is 0 Å². The van der Waals surface area contributed by atoms with Gasteiger partial charge in [-0.05, 0) is 74.3 Å². The zero-order valence-electron chi connectivity index (χ0n) is 19.7. The van der Waals surface area contributed by atoms with Crippen LogP contribution in [0.4, 0.5) is 17.3 Å². The van der Waals surface area contributed by atoms with Crippen LogP contribution in [-0.2, 0) is 0 Å². The second kappa shape index (κ2) is 9.08. The van der Waals surface area contributed by atoms with E-state index in [0.717, 1.165) is 30.4 Å². The number of aromatic nitrogens is 1. The van der Waals surface area contributed by atoms with Gasteiger partial charge in [0.05, 0.1) is 11.7 Å². The first-order valence-electron chi connectivity index (χ1n) is 12.8. The molecule has 0 atom stereocenters. The molecule has 2 saturated heterocycles. The highest BCUT2D eigenvalue weighted by molar-refractivity contribution is 8.00. The molecular weight excluding hydrogens is 444 g/mol. The summed E-state index contributed by atoms with van der Waals surface area (Å²) in [5.41, 5.74) is 2.03. The average molecular weight is 479 g/mol. The van der Waals surface area contributed by atoms with Gasteiger partial charge in [-0.15, -0.1) is 11.8 Å². The van der Waals surface area contributed by atoms with Crippen LogP contribution in [0.25, 0.3) is 0 Å². The Morgan fingerprint density at radius 2 is 1.79 bits per heavy atom. The molecule has 0 unspecified atom stereocenters. The van der Waals surface area contributed by atoms with Gasteiger partial charge in [-0.3, -0.25) is 4.79 Å². The number of aliphatic hydroxyl groups is 1. The van der Waals surface area contributed by atoms with E-state index in [9.17, 15) is 9.90 Å². The SMILES string of the molecule is O=C(Nc1cccc(SC2CCCC2)c1)c1ccc(N2CC(O)C2)nc1N1CCC2(CC1)CC2. The summed E-state index contributed by atoms with van der Waals surface area (Å²) in [5, 5.41) is 13.6. The quantitative estimate of drug-likeness (QED) is 0.614. The summed E-state index contributed by atoms with van der Waals surface area (Å²) in [4.78, 5) is 24.0. The summed E-state index contributed by atoms with van der Waals surface area (Å²) in [7, 11) is 0. The van der Waals surface area contributed by atoms with Crippen LogP contribution in [0.5, 0.6) is 0 Å². The van der Waals surface area contributed by atoms with E-state index in [2.05, 4.69) is 27.2 Å². The number of thioether (sulfide) groups is 1. The number of rotatable bonds is 6. The highest BCUT2D eigenvalue weighted by Gasteiger charge is 2.45. The normalized spacial score (nSPS) is 22.1. The molecule has 6 nitrogen and oxygen atoms in total. The van der Waals surface area contributed by atoms with Crippen LogP contribution in [-0.4, -0.2) is 53.5 Å². The number of hydrogen-bond acceptors (Lipinski definition) is 6. The number of β-amino-alcohol motifs (C(OH)–C–C–N with tert-alkyl or cyclic N) is 1. The van der Waals surface area contributed by atoms with E-state index in [1.54, 1.807) is 0 Å². The lowest BCUT2D eigenvalue weighted by Crippen LogP contribution is -2.51. The van der Waals surface area contributed by atoms with Crippen LogP contribution < -0.4 is 15.1 Å². The maximum Gasteiger partial charge on any atom is 0.259 e.